The number of phenols is 1. The van der Waals surface area contributed by atoms with Crippen LogP contribution in [-0.2, 0) is 0 Å². The smallest absolute Gasteiger partial charge is 0.133 e. The molecule has 0 unspecified atom stereocenters. The van der Waals surface area contributed by atoms with E-state index in [1.54, 1.807) is 12.1 Å². The van der Waals surface area contributed by atoms with Crippen molar-refractivity contribution < 1.29 is 5.11 Å². The van der Waals surface area contributed by atoms with E-state index in [9.17, 15) is 5.11 Å². The predicted octanol–water partition coefficient (Wildman–Crippen LogP) is 3.93. The van der Waals surface area contributed by atoms with Crippen LogP contribution in [0.4, 0.5) is 0 Å². The summed E-state index contributed by atoms with van der Waals surface area (Å²) in [6.45, 7) is 4.02. The Kier molecular flexibility index (Phi) is 3.02. The van der Waals surface area contributed by atoms with Crippen molar-refractivity contribution in [1.29, 1.82) is 0 Å². The van der Waals surface area contributed by atoms with Gasteiger partial charge in [0, 0.05) is 5.02 Å². The van der Waals surface area contributed by atoms with E-state index in [-0.39, 0.29) is 11.7 Å². The Morgan fingerprint density at radius 3 is 2.50 bits per heavy atom. The molecule has 1 rings (SSSR count). The fourth-order valence-corrected chi connectivity index (χ4v) is 1.86. The van der Waals surface area contributed by atoms with Crippen molar-refractivity contribution in [2.75, 3.05) is 0 Å². The van der Waals surface area contributed by atoms with Crippen LogP contribution >= 0.6 is 27.5 Å². The first-order valence-electron chi connectivity index (χ1n) is 3.70. The van der Waals surface area contributed by atoms with Gasteiger partial charge in [0.1, 0.15) is 5.75 Å². The molecule has 0 bridgehead atoms. The van der Waals surface area contributed by atoms with Gasteiger partial charge in [0.15, 0.2) is 0 Å². The van der Waals surface area contributed by atoms with Crippen LogP contribution in [0, 0.1) is 0 Å². The molecule has 0 aliphatic carbocycles. The van der Waals surface area contributed by atoms with Crippen molar-refractivity contribution in [2.45, 2.75) is 19.8 Å². The first-order chi connectivity index (χ1) is 5.52. The Bertz CT molecular complexity index is 297. The van der Waals surface area contributed by atoms with Crippen LogP contribution in [0.2, 0.25) is 5.02 Å². The summed E-state index contributed by atoms with van der Waals surface area (Å²) in [5.74, 6) is 0.564. The van der Waals surface area contributed by atoms with E-state index in [2.05, 4.69) is 15.9 Å². The minimum absolute atomic E-state index is 0.278. The quantitative estimate of drug-likeness (QED) is 0.799. The SMILES string of the molecule is CC(C)c1cc(Cl)cc(Br)c1O. The van der Waals surface area contributed by atoms with Gasteiger partial charge in [-0.25, -0.2) is 0 Å². The Morgan fingerprint density at radius 1 is 1.42 bits per heavy atom. The third-order valence-corrected chi connectivity index (χ3v) is 2.50. The van der Waals surface area contributed by atoms with Gasteiger partial charge < -0.3 is 5.11 Å². The molecule has 0 atom stereocenters. The maximum absolute atomic E-state index is 9.59. The van der Waals surface area contributed by atoms with Crippen LogP contribution < -0.4 is 0 Å². The third kappa shape index (κ3) is 1.93. The summed E-state index contributed by atoms with van der Waals surface area (Å²) in [6, 6.07) is 3.47. The summed E-state index contributed by atoms with van der Waals surface area (Å²) in [7, 11) is 0. The maximum atomic E-state index is 9.59. The first-order valence-corrected chi connectivity index (χ1v) is 4.87. The highest BCUT2D eigenvalue weighted by Crippen LogP contribution is 2.35. The second-order valence-corrected chi connectivity index (χ2v) is 4.27. The molecule has 0 saturated carbocycles. The van der Waals surface area contributed by atoms with Crippen molar-refractivity contribution >= 4 is 27.5 Å². The molecule has 0 fully saturated rings. The van der Waals surface area contributed by atoms with Gasteiger partial charge in [-0.15, -0.1) is 0 Å². The molecular weight excluding hydrogens is 239 g/mol. The summed E-state index contributed by atoms with van der Waals surface area (Å²) < 4.78 is 0.652. The maximum Gasteiger partial charge on any atom is 0.133 e. The number of halogens is 2. The van der Waals surface area contributed by atoms with Crippen molar-refractivity contribution in [3.05, 3.63) is 27.2 Å². The Balaban J connectivity index is 3.28. The van der Waals surface area contributed by atoms with E-state index in [4.69, 9.17) is 11.6 Å². The van der Waals surface area contributed by atoms with Gasteiger partial charge in [-0.3, -0.25) is 0 Å². The van der Waals surface area contributed by atoms with Gasteiger partial charge >= 0.3 is 0 Å². The molecule has 3 heteroatoms. The number of hydrogen-bond acceptors (Lipinski definition) is 1. The number of aromatic hydroxyl groups is 1. The highest BCUT2D eigenvalue weighted by atomic mass is 79.9. The average Bonchev–Trinajstić information content (AvgIpc) is 1.96. The third-order valence-electron chi connectivity index (χ3n) is 1.68. The Morgan fingerprint density at radius 2 is 2.00 bits per heavy atom. The fraction of sp³-hybridized carbons (Fsp3) is 0.333. The lowest BCUT2D eigenvalue weighted by Gasteiger charge is -2.09. The molecule has 66 valence electrons. The molecule has 0 radical (unpaired) electrons. The van der Waals surface area contributed by atoms with Crippen molar-refractivity contribution in [1.82, 2.24) is 0 Å². The minimum Gasteiger partial charge on any atom is -0.506 e. The van der Waals surface area contributed by atoms with E-state index in [1.807, 2.05) is 13.8 Å². The molecule has 0 aromatic heterocycles. The van der Waals surface area contributed by atoms with E-state index >= 15 is 0 Å². The summed E-state index contributed by atoms with van der Waals surface area (Å²) >= 11 is 9.06. The largest absolute Gasteiger partial charge is 0.506 e. The zero-order valence-corrected chi connectivity index (χ0v) is 9.28. The first kappa shape index (κ1) is 9.87. The molecule has 1 N–H and O–H groups in total. The number of hydrogen-bond donors (Lipinski definition) is 1. The predicted molar refractivity (Wildman–Crippen MR) is 54.9 cm³/mol. The van der Waals surface area contributed by atoms with E-state index < -0.39 is 0 Å². The van der Waals surface area contributed by atoms with E-state index in [1.165, 1.54) is 0 Å². The molecule has 0 spiro atoms. The lowest BCUT2D eigenvalue weighted by Crippen LogP contribution is -1.88. The molecule has 0 heterocycles. The average molecular weight is 250 g/mol. The van der Waals surface area contributed by atoms with Gasteiger partial charge in [0.2, 0.25) is 0 Å². The molecule has 0 saturated heterocycles. The molecule has 12 heavy (non-hydrogen) atoms. The summed E-state index contributed by atoms with van der Waals surface area (Å²) in [5, 5.41) is 10.2. The summed E-state index contributed by atoms with van der Waals surface area (Å²) in [5.41, 5.74) is 0.870. The topological polar surface area (TPSA) is 20.2 Å². The zero-order chi connectivity index (χ0) is 9.30. The van der Waals surface area contributed by atoms with Gasteiger partial charge in [0.25, 0.3) is 0 Å². The molecule has 0 amide bonds. The van der Waals surface area contributed by atoms with Crippen molar-refractivity contribution in [3.8, 4) is 5.75 Å². The van der Waals surface area contributed by atoms with Crippen LogP contribution in [0.5, 0.6) is 5.75 Å². The number of phenolic OH excluding ortho intramolecular Hbond substituents is 1. The van der Waals surface area contributed by atoms with Crippen LogP contribution in [0.1, 0.15) is 25.3 Å². The molecule has 0 aliphatic heterocycles. The molecule has 1 nitrogen and oxygen atoms in total. The second-order valence-electron chi connectivity index (χ2n) is 2.98. The Hall–Kier alpha value is -0.210. The van der Waals surface area contributed by atoms with Crippen LogP contribution in [0.25, 0.3) is 0 Å². The monoisotopic (exact) mass is 248 g/mol. The van der Waals surface area contributed by atoms with Crippen molar-refractivity contribution in [2.24, 2.45) is 0 Å². The fourth-order valence-electron chi connectivity index (χ4n) is 1.03. The zero-order valence-electron chi connectivity index (χ0n) is 6.94. The molecule has 1 aromatic rings. The van der Waals surface area contributed by atoms with Crippen LogP contribution in [-0.4, -0.2) is 5.11 Å². The standard InChI is InChI=1S/C9H10BrClO/c1-5(2)7-3-6(11)4-8(10)9(7)12/h3-5,12H,1-2H3. The Labute approximate surface area is 85.5 Å². The highest BCUT2D eigenvalue weighted by Gasteiger charge is 2.09. The van der Waals surface area contributed by atoms with Crippen LogP contribution in [0.15, 0.2) is 16.6 Å². The molecular formula is C9H10BrClO. The van der Waals surface area contributed by atoms with E-state index in [0.717, 1.165) is 5.56 Å². The minimum atomic E-state index is 0.278. The van der Waals surface area contributed by atoms with Crippen molar-refractivity contribution in [3.63, 3.8) is 0 Å². The second kappa shape index (κ2) is 3.67. The molecule has 0 aliphatic rings. The normalized spacial score (nSPS) is 10.8. The van der Waals surface area contributed by atoms with Gasteiger partial charge in [-0.05, 0) is 39.5 Å². The lowest BCUT2D eigenvalue weighted by atomic mass is 10.0. The summed E-state index contributed by atoms with van der Waals surface area (Å²) in [4.78, 5) is 0. The number of rotatable bonds is 1. The summed E-state index contributed by atoms with van der Waals surface area (Å²) in [6.07, 6.45) is 0. The van der Waals surface area contributed by atoms with E-state index in [0.29, 0.717) is 9.50 Å². The van der Waals surface area contributed by atoms with Gasteiger partial charge in [-0.1, -0.05) is 25.4 Å². The van der Waals surface area contributed by atoms with Gasteiger partial charge in [-0.2, -0.15) is 0 Å². The van der Waals surface area contributed by atoms with Gasteiger partial charge in [0.05, 0.1) is 4.47 Å². The number of benzene rings is 1. The van der Waals surface area contributed by atoms with Crippen LogP contribution in [0.3, 0.4) is 0 Å². The lowest BCUT2D eigenvalue weighted by molar-refractivity contribution is 0.461. The highest BCUT2D eigenvalue weighted by molar-refractivity contribution is 9.10. The molecule has 1 aromatic carbocycles.